The van der Waals surface area contributed by atoms with E-state index < -0.39 is 0 Å². The topological polar surface area (TPSA) is 113 Å². The minimum Gasteiger partial charge on any atom is -0.397 e. The van der Waals surface area contributed by atoms with Crippen molar-refractivity contribution in [3.63, 3.8) is 0 Å². The number of nitrogens with one attached hydrogen (secondary N) is 1. The number of aromatic nitrogens is 2. The van der Waals surface area contributed by atoms with Gasteiger partial charge in [0.05, 0.1) is 17.1 Å². The largest absolute Gasteiger partial charge is 0.397 e. The first-order valence-corrected chi connectivity index (χ1v) is 11.7. The highest BCUT2D eigenvalue weighted by Gasteiger charge is 2.31. The third-order valence-electron chi connectivity index (χ3n) is 6.76. The van der Waals surface area contributed by atoms with Gasteiger partial charge >= 0.3 is 0 Å². The van der Waals surface area contributed by atoms with Gasteiger partial charge in [-0.15, -0.1) is 0 Å². The van der Waals surface area contributed by atoms with Crippen LogP contribution in [0.4, 0.5) is 23.0 Å². The number of carbonyl (C=O) groups excluding carboxylic acids is 1. The fourth-order valence-electron chi connectivity index (χ4n) is 5.00. The number of hydrogen-bond donors (Lipinski definition) is 3. The average Bonchev–Trinajstić information content (AvgIpc) is 3.23. The van der Waals surface area contributed by atoms with Crippen LogP contribution < -0.4 is 16.8 Å². The Bertz CT molecular complexity index is 1210. The lowest BCUT2D eigenvalue weighted by Crippen LogP contribution is -2.45. The zero-order valence-electron chi connectivity index (χ0n) is 19.7. The Morgan fingerprint density at radius 2 is 1.74 bits per heavy atom. The highest BCUT2D eigenvalue weighted by atomic mass is 16.2. The Morgan fingerprint density at radius 1 is 1.00 bits per heavy atom. The third kappa shape index (κ3) is 4.54. The Labute approximate surface area is 200 Å². The molecule has 0 radical (unpaired) electrons. The van der Waals surface area contributed by atoms with Crippen molar-refractivity contribution in [1.82, 2.24) is 19.8 Å². The lowest BCUT2D eigenvalue weighted by atomic mass is 10.0. The number of hydrogen-bond acceptors (Lipinski definition) is 7. The summed E-state index contributed by atoms with van der Waals surface area (Å²) in [4.78, 5) is 26.6. The van der Waals surface area contributed by atoms with Gasteiger partial charge < -0.3 is 21.7 Å². The molecular weight excluding hydrogens is 426 g/mol. The minimum absolute atomic E-state index is 0.0165. The maximum atomic E-state index is 12.9. The number of nitrogens with two attached hydrogens (primary N) is 2. The summed E-state index contributed by atoms with van der Waals surface area (Å²) in [6.45, 7) is 7.30. The molecular formula is C26H31N7O. The van der Waals surface area contributed by atoms with Crippen LogP contribution in [0, 0.1) is 13.8 Å². The van der Waals surface area contributed by atoms with E-state index in [1.165, 1.54) is 16.7 Å². The molecule has 0 aliphatic carbocycles. The first-order chi connectivity index (χ1) is 16.4. The zero-order chi connectivity index (χ0) is 23.8. The summed E-state index contributed by atoms with van der Waals surface area (Å²) in [5, 5.41) is 3.35. The van der Waals surface area contributed by atoms with Gasteiger partial charge in [-0.3, -0.25) is 9.69 Å². The maximum absolute atomic E-state index is 12.9. The summed E-state index contributed by atoms with van der Waals surface area (Å²) < 4.78 is 0. The molecule has 2 aliphatic heterocycles. The lowest BCUT2D eigenvalue weighted by Gasteiger charge is -2.36. The van der Waals surface area contributed by atoms with E-state index >= 15 is 0 Å². The molecule has 5 rings (SSSR count). The van der Waals surface area contributed by atoms with Gasteiger partial charge in [-0.2, -0.15) is 0 Å². The molecule has 1 amide bonds. The number of piperidine rings is 1. The first-order valence-electron chi connectivity index (χ1n) is 11.7. The molecule has 1 fully saturated rings. The number of aryl methyl sites for hydroxylation is 2. The fourth-order valence-corrected chi connectivity index (χ4v) is 5.00. The van der Waals surface area contributed by atoms with Crippen molar-refractivity contribution in [2.45, 2.75) is 45.8 Å². The second-order valence-corrected chi connectivity index (χ2v) is 9.44. The molecule has 8 nitrogen and oxygen atoms in total. The van der Waals surface area contributed by atoms with Crippen LogP contribution in [-0.4, -0.2) is 44.8 Å². The monoisotopic (exact) mass is 457 g/mol. The van der Waals surface area contributed by atoms with Gasteiger partial charge in [-0.05, 0) is 68.1 Å². The van der Waals surface area contributed by atoms with Crippen LogP contribution >= 0.6 is 0 Å². The molecule has 1 aromatic heterocycles. The summed E-state index contributed by atoms with van der Waals surface area (Å²) in [7, 11) is 0. The van der Waals surface area contributed by atoms with E-state index in [-0.39, 0.29) is 5.91 Å². The number of nitrogen functional groups attached to an aromatic ring is 2. The Balaban J connectivity index is 1.19. The summed E-state index contributed by atoms with van der Waals surface area (Å²) in [6.07, 6.45) is 3.81. The smallest absolute Gasteiger partial charge is 0.253 e. The molecule has 176 valence electrons. The third-order valence-corrected chi connectivity index (χ3v) is 6.76. The molecule has 3 aromatic rings. The van der Waals surface area contributed by atoms with E-state index in [0.717, 1.165) is 50.4 Å². The van der Waals surface area contributed by atoms with Crippen LogP contribution in [0.2, 0.25) is 0 Å². The number of anilines is 4. The molecule has 8 heteroatoms. The maximum Gasteiger partial charge on any atom is 0.253 e. The summed E-state index contributed by atoms with van der Waals surface area (Å²) >= 11 is 0. The van der Waals surface area contributed by atoms with Crippen molar-refractivity contribution in [1.29, 1.82) is 0 Å². The minimum atomic E-state index is 0.0165. The van der Waals surface area contributed by atoms with Crippen molar-refractivity contribution >= 4 is 28.9 Å². The van der Waals surface area contributed by atoms with E-state index in [0.29, 0.717) is 28.9 Å². The molecule has 0 saturated carbocycles. The van der Waals surface area contributed by atoms with Crippen molar-refractivity contribution in [2.75, 3.05) is 29.9 Å². The lowest BCUT2D eigenvalue weighted by molar-refractivity contribution is 0.0613. The molecule has 34 heavy (non-hydrogen) atoms. The summed E-state index contributed by atoms with van der Waals surface area (Å²) in [5.74, 6) is 0.650. The van der Waals surface area contributed by atoms with E-state index in [2.05, 4.69) is 47.2 Å². The van der Waals surface area contributed by atoms with Gasteiger partial charge in [-0.1, -0.05) is 6.07 Å². The molecule has 2 aliphatic rings. The number of nitrogens with zero attached hydrogens (tertiary/aromatic N) is 4. The standard InChI is InChI=1S/C26H31N7O/c1-16-9-17(2)11-20(10-16)30-26-29-13-19-14-33(15-24(19)31-26)21-5-7-32(8-6-21)25(34)18-3-4-22(27)23(28)12-18/h3-4,9-13,21H,5-8,14-15,27-28H2,1-2H3,(H,29,30,31). The number of fused-ring (bicyclic) bond motifs is 1. The molecule has 5 N–H and O–H groups in total. The van der Waals surface area contributed by atoms with Crippen LogP contribution in [0.15, 0.2) is 42.6 Å². The van der Waals surface area contributed by atoms with Crippen molar-refractivity contribution in [3.8, 4) is 0 Å². The summed E-state index contributed by atoms with van der Waals surface area (Å²) in [6, 6.07) is 11.9. The van der Waals surface area contributed by atoms with Gasteiger partial charge in [0.1, 0.15) is 0 Å². The number of amides is 1. The van der Waals surface area contributed by atoms with E-state index in [1.807, 2.05) is 11.1 Å². The van der Waals surface area contributed by atoms with Crippen LogP contribution in [0.1, 0.15) is 45.6 Å². The normalized spacial score (nSPS) is 16.5. The van der Waals surface area contributed by atoms with Gasteiger partial charge in [0.25, 0.3) is 5.91 Å². The number of carbonyl (C=O) groups is 1. The van der Waals surface area contributed by atoms with Gasteiger partial charge in [-0.25, -0.2) is 9.97 Å². The number of rotatable bonds is 4. The number of likely N-dealkylation sites (tertiary alicyclic amines) is 1. The van der Waals surface area contributed by atoms with Gasteiger partial charge in [0, 0.05) is 55.2 Å². The Hall–Kier alpha value is -3.65. The van der Waals surface area contributed by atoms with E-state index in [1.54, 1.807) is 18.2 Å². The van der Waals surface area contributed by atoms with Crippen molar-refractivity contribution in [3.05, 3.63) is 70.5 Å². The Morgan fingerprint density at radius 3 is 2.44 bits per heavy atom. The molecule has 0 unspecified atom stereocenters. The molecule has 2 aromatic carbocycles. The van der Waals surface area contributed by atoms with Crippen LogP contribution in [-0.2, 0) is 13.1 Å². The van der Waals surface area contributed by atoms with Crippen LogP contribution in [0.3, 0.4) is 0 Å². The first kappa shape index (κ1) is 22.2. The van der Waals surface area contributed by atoms with Gasteiger partial charge in [0.15, 0.2) is 0 Å². The van der Waals surface area contributed by atoms with Crippen molar-refractivity contribution < 1.29 is 4.79 Å². The molecule has 1 saturated heterocycles. The molecule has 0 bridgehead atoms. The fraction of sp³-hybridized carbons (Fsp3) is 0.346. The zero-order valence-corrected chi connectivity index (χ0v) is 19.7. The molecule has 3 heterocycles. The van der Waals surface area contributed by atoms with E-state index in [9.17, 15) is 4.79 Å². The second-order valence-electron chi connectivity index (χ2n) is 9.44. The van der Waals surface area contributed by atoms with Gasteiger partial charge in [0.2, 0.25) is 5.95 Å². The number of benzene rings is 2. The SMILES string of the molecule is Cc1cc(C)cc(Nc2ncc3c(n2)CN(C2CCN(C(=O)c4ccc(N)c(N)c4)CC2)C3)c1. The van der Waals surface area contributed by atoms with Crippen LogP contribution in [0.25, 0.3) is 0 Å². The highest BCUT2D eigenvalue weighted by Crippen LogP contribution is 2.29. The average molecular weight is 458 g/mol. The Kier molecular flexibility index (Phi) is 5.83. The predicted octanol–water partition coefficient (Wildman–Crippen LogP) is 3.62. The second kappa shape index (κ2) is 8.95. The highest BCUT2D eigenvalue weighted by molar-refractivity contribution is 5.96. The summed E-state index contributed by atoms with van der Waals surface area (Å²) in [5.41, 5.74) is 18.9. The molecule has 0 spiro atoms. The molecule has 0 atom stereocenters. The van der Waals surface area contributed by atoms with Crippen molar-refractivity contribution in [2.24, 2.45) is 0 Å². The van der Waals surface area contributed by atoms with E-state index in [4.69, 9.17) is 16.5 Å². The predicted molar refractivity (Wildman–Crippen MR) is 135 cm³/mol. The quantitative estimate of drug-likeness (QED) is 0.513. The van der Waals surface area contributed by atoms with Crippen LogP contribution in [0.5, 0.6) is 0 Å².